The first-order valence-corrected chi connectivity index (χ1v) is 7.63. The summed E-state index contributed by atoms with van der Waals surface area (Å²) >= 11 is 0. The lowest BCUT2D eigenvalue weighted by atomic mass is 9.96. The molecule has 18 heavy (non-hydrogen) atoms. The fourth-order valence-electron chi connectivity index (χ4n) is 2.73. The van der Waals surface area contributed by atoms with Crippen molar-refractivity contribution in [1.82, 2.24) is 10.2 Å². The van der Waals surface area contributed by atoms with Crippen LogP contribution in [0.1, 0.15) is 59.3 Å². The van der Waals surface area contributed by atoms with Crippen LogP contribution in [-0.4, -0.2) is 47.8 Å². The van der Waals surface area contributed by atoms with E-state index in [1.54, 1.807) is 0 Å². The van der Waals surface area contributed by atoms with Gasteiger partial charge in [0.15, 0.2) is 0 Å². The van der Waals surface area contributed by atoms with Crippen molar-refractivity contribution in [1.29, 1.82) is 0 Å². The van der Waals surface area contributed by atoms with Crippen LogP contribution in [0.2, 0.25) is 0 Å². The predicted octanol–water partition coefficient (Wildman–Crippen LogP) is 2.39. The van der Waals surface area contributed by atoms with Crippen LogP contribution in [0.25, 0.3) is 0 Å². The molecule has 3 heteroatoms. The zero-order chi connectivity index (χ0) is 13.6. The highest BCUT2D eigenvalue weighted by molar-refractivity contribution is 4.92. The summed E-state index contributed by atoms with van der Waals surface area (Å²) in [5.41, 5.74) is -0.0735. The quantitative estimate of drug-likeness (QED) is 0.630. The van der Waals surface area contributed by atoms with Crippen molar-refractivity contribution in [3.8, 4) is 0 Å². The summed E-state index contributed by atoms with van der Waals surface area (Å²) in [6.07, 6.45) is 7.23. The summed E-state index contributed by atoms with van der Waals surface area (Å²) in [5.74, 6) is 0. The summed E-state index contributed by atoms with van der Waals surface area (Å²) in [6.45, 7) is 8.06. The molecule has 0 bridgehead atoms. The molecule has 2 N–H and O–H groups in total. The van der Waals surface area contributed by atoms with E-state index in [0.29, 0.717) is 12.1 Å². The van der Waals surface area contributed by atoms with Crippen molar-refractivity contribution in [3.05, 3.63) is 0 Å². The fraction of sp³-hybridized carbons (Fsp3) is 1.00. The van der Waals surface area contributed by atoms with Crippen molar-refractivity contribution in [3.63, 3.8) is 0 Å². The molecule has 1 aliphatic rings. The Balaban J connectivity index is 2.25. The highest BCUT2D eigenvalue weighted by Crippen LogP contribution is 2.24. The van der Waals surface area contributed by atoms with Gasteiger partial charge in [0.2, 0.25) is 0 Å². The molecule has 1 aliphatic carbocycles. The third kappa shape index (κ3) is 5.25. The molecule has 1 unspecified atom stereocenters. The predicted molar refractivity (Wildman–Crippen MR) is 77.9 cm³/mol. The summed E-state index contributed by atoms with van der Waals surface area (Å²) in [4.78, 5) is 2.47. The standard InChI is InChI=1S/C15H32N2O/c1-5-14(6-2)17(4)11-7-10-15(3,12-18)16-13-8-9-13/h13-14,16,18H,5-12H2,1-4H3. The SMILES string of the molecule is CCC(CC)N(C)CCCC(C)(CO)NC1CC1. The average molecular weight is 256 g/mol. The number of rotatable bonds is 10. The van der Waals surface area contributed by atoms with E-state index in [0.717, 1.165) is 19.4 Å². The van der Waals surface area contributed by atoms with Crippen LogP contribution in [0.5, 0.6) is 0 Å². The van der Waals surface area contributed by atoms with E-state index in [9.17, 15) is 5.11 Å². The first kappa shape index (κ1) is 15.9. The maximum atomic E-state index is 9.55. The van der Waals surface area contributed by atoms with E-state index >= 15 is 0 Å². The summed E-state index contributed by atoms with van der Waals surface area (Å²) in [6, 6.07) is 1.38. The lowest BCUT2D eigenvalue weighted by Crippen LogP contribution is -2.47. The molecule has 0 spiro atoms. The largest absolute Gasteiger partial charge is 0.394 e. The highest BCUT2D eigenvalue weighted by Gasteiger charge is 2.31. The van der Waals surface area contributed by atoms with Gasteiger partial charge < -0.3 is 15.3 Å². The van der Waals surface area contributed by atoms with Crippen LogP contribution in [0.4, 0.5) is 0 Å². The van der Waals surface area contributed by atoms with Crippen LogP contribution in [0.3, 0.4) is 0 Å². The molecule has 0 aromatic heterocycles. The number of aliphatic hydroxyl groups excluding tert-OH is 1. The van der Waals surface area contributed by atoms with Gasteiger partial charge >= 0.3 is 0 Å². The molecular formula is C15H32N2O. The van der Waals surface area contributed by atoms with E-state index < -0.39 is 0 Å². The molecule has 0 aromatic rings. The number of nitrogens with zero attached hydrogens (tertiary/aromatic N) is 1. The molecule has 0 heterocycles. The average Bonchev–Trinajstić information content (AvgIpc) is 3.14. The first-order chi connectivity index (χ1) is 8.54. The molecule has 0 aromatic carbocycles. The van der Waals surface area contributed by atoms with Gasteiger partial charge in [-0.2, -0.15) is 0 Å². The van der Waals surface area contributed by atoms with E-state index in [2.05, 4.69) is 38.0 Å². The minimum atomic E-state index is -0.0735. The Morgan fingerprint density at radius 3 is 2.39 bits per heavy atom. The van der Waals surface area contributed by atoms with E-state index in [-0.39, 0.29) is 12.1 Å². The van der Waals surface area contributed by atoms with Gasteiger partial charge in [-0.1, -0.05) is 13.8 Å². The van der Waals surface area contributed by atoms with Crippen LogP contribution < -0.4 is 5.32 Å². The Bertz CT molecular complexity index is 227. The number of hydrogen-bond donors (Lipinski definition) is 2. The number of aliphatic hydroxyl groups is 1. The molecule has 3 nitrogen and oxygen atoms in total. The zero-order valence-corrected chi connectivity index (χ0v) is 12.7. The maximum absolute atomic E-state index is 9.55. The molecule has 1 fully saturated rings. The van der Waals surface area contributed by atoms with Gasteiger partial charge in [0.05, 0.1) is 6.61 Å². The second kappa shape index (κ2) is 7.46. The smallest absolute Gasteiger partial charge is 0.0610 e. The van der Waals surface area contributed by atoms with Gasteiger partial charge in [0, 0.05) is 17.6 Å². The van der Waals surface area contributed by atoms with Crippen LogP contribution in [0.15, 0.2) is 0 Å². The van der Waals surface area contributed by atoms with Gasteiger partial charge in [0.25, 0.3) is 0 Å². The second-order valence-corrected chi connectivity index (χ2v) is 6.19. The Morgan fingerprint density at radius 2 is 1.94 bits per heavy atom. The topological polar surface area (TPSA) is 35.5 Å². The van der Waals surface area contributed by atoms with Crippen molar-refractivity contribution in [2.75, 3.05) is 20.2 Å². The van der Waals surface area contributed by atoms with Crippen LogP contribution in [0, 0.1) is 0 Å². The van der Waals surface area contributed by atoms with Gasteiger partial charge in [0.1, 0.15) is 0 Å². The molecule has 0 amide bonds. The molecular weight excluding hydrogens is 224 g/mol. The summed E-state index contributed by atoms with van der Waals surface area (Å²) in [7, 11) is 2.22. The monoisotopic (exact) mass is 256 g/mol. The van der Waals surface area contributed by atoms with Gasteiger partial charge in [-0.3, -0.25) is 0 Å². The Hall–Kier alpha value is -0.120. The van der Waals surface area contributed by atoms with Crippen LogP contribution >= 0.6 is 0 Å². The van der Waals surface area contributed by atoms with E-state index in [4.69, 9.17) is 0 Å². The molecule has 0 aliphatic heterocycles. The minimum absolute atomic E-state index is 0.0735. The van der Waals surface area contributed by atoms with Gasteiger partial charge in [-0.15, -0.1) is 0 Å². The molecule has 1 atom stereocenters. The lowest BCUT2D eigenvalue weighted by molar-refractivity contribution is 0.151. The fourth-order valence-corrected chi connectivity index (χ4v) is 2.73. The molecule has 108 valence electrons. The second-order valence-electron chi connectivity index (χ2n) is 6.19. The zero-order valence-electron chi connectivity index (χ0n) is 12.7. The van der Waals surface area contributed by atoms with Crippen LogP contribution in [-0.2, 0) is 0 Å². The third-order valence-corrected chi connectivity index (χ3v) is 4.28. The van der Waals surface area contributed by atoms with Crippen molar-refractivity contribution in [2.24, 2.45) is 0 Å². The molecule has 0 radical (unpaired) electrons. The van der Waals surface area contributed by atoms with E-state index in [1.807, 2.05) is 0 Å². The molecule has 0 saturated heterocycles. The number of hydrogen-bond acceptors (Lipinski definition) is 3. The number of nitrogens with one attached hydrogen (secondary N) is 1. The Labute approximate surface area is 113 Å². The summed E-state index contributed by atoms with van der Waals surface area (Å²) < 4.78 is 0. The van der Waals surface area contributed by atoms with Crippen molar-refractivity contribution < 1.29 is 5.11 Å². The maximum Gasteiger partial charge on any atom is 0.0610 e. The minimum Gasteiger partial charge on any atom is -0.394 e. The first-order valence-electron chi connectivity index (χ1n) is 7.63. The molecule has 1 saturated carbocycles. The molecule has 1 rings (SSSR count). The Kier molecular flexibility index (Phi) is 6.61. The van der Waals surface area contributed by atoms with E-state index in [1.165, 1.54) is 25.7 Å². The normalized spacial score (nSPS) is 19.5. The van der Waals surface area contributed by atoms with Gasteiger partial charge in [-0.05, 0) is 59.0 Å². The Morgan fingerprint density at radius 1 is 1.33 bits per heavy atom. The lowest BCUT2D eigenvalue weighted by Gasteiger charge is -2.31. The van der Waals surface area contributed by atoms with Crippen molar-refractivity contribution >= 4 is 0 Å². The highest BCUT2D eigenvalue weighted by atomic mass is 16.3. The van der Waals surface area contributed by atoms with Gasteiger partial charge in [-0.25, -0.2) is 0 Å². The van der Waals surface area contributed by atoms with Crippen molar-refractivity contribution in [2.45, 2.75) is 76.9 Å². The summed E-state index contributed by atoms with van der Waals surface area (Å²) in [5, 5.41) is 13.1. The third-order valence-electron chi connectivity index (χ3n) is 4.28.